The molecule has 0 aromatic carbocycles. The second-order valence-electron chi connectivity index (χ2n) is 8.17. The maximum absolute atomic E-state index is 6.14. The fourth-order valence-corrected chi connectivity index (χ4v) is 5.47. The van der Waals surface area contributed by atoms with Crippen LogP contribution in [0.25, 0.3) is 0 Å². The molecular formula is C18H28O4. The summed E-state index contributed by atoms with van der Waals surface area (Å²) >= 11 is 0. The molecule has 3 aliphatic carbocycles. The molecule has 6 atom stereocenters. The molecule has 5 fully saturated rings. The van der Waals surface area contributed by atoms with E-state index in [-0.39, 0.29) is 0 Å². The van der Waals surface area contributed by atoms with Crippen LogP contribution in [0.1, 0.15) is 38.5 Å². The fourth-order valence-electron chi connectivity index (χ4n) is 5.47. The third kappa shape index (κ3) is 2.95. The molecule has 2 heterocycles. The zero-order valence-corrected chi connectivity index (χ0v) is 13.3. The van der Waals surface area contributed by atoms with E-state index in [1.54, 1.807) is 0 Å². The van der Waals surface area contributed by atoms with Crippen molar-refractivity contribution in [2.24, 2.45) is 23.7 Å². The normalized spacial score (nSPS) is 51.8. The average Bonchev–Trinajstić information content (AvgIpc) is 3.43. The van der Waals surface area contributed by atoms with Crippen molar-refractivity contribution in [2.75, 3.05) is 26.4 Å². The van der Waals surface area contributed by atoms with E-state index in [1.165, 1.54) is 32.1 Å². The topological polar surface area (TPSA) is 43.5 Å². The Balaban J connectivity index is 1.11. The number of epoxide rings is 2. The Kier molecular flexibility index (Phi) is 3.70. The first kappa shape index (κ1) is 14.2. The highest BCUT2D eigenvalue weighted by Crippen LogP contribution is 2.57. The Morgan fingerprint density at radius 2 is 1.36 bits per heavy atom. The Hall–Kier alpha value is -0.160. The van der Waals surface area contributed by atoms with E-state index in [0.29, 0.717) is 24.4 Å². The quantitative estimate of drug-likeness (QED) is 0.677. The van der Waals surface area contributed by atoms with Gasteiger partial charge in [-0.15, -0.1) is 0 Å². The van der Waals surface area contributed by atoms with E-state index in [2.05, 4.69) is 0 Å². The van der Waals surface area contributed by atoms with Crippen molar-refractivity contribution in [1.82, 2.24) is 0 Å². The summed E-state index contributed by atoms with van der Waals surface area (Å²) in [7, 11) is 0. The van der Waals surface area contributed by atoms with Gasteiger partial charge in [0.15, 0.2) is 0 Å². The van der Waals surface area contributed by atoms with Crippen LogP contribution in [0.2, 0.25) is 0 Å². The molecule has 0 spiro atoms. The minimum Gasteiger partial charge on any atom is -0.378 e. The van der Waals surface area contributed by atoms with Crippen LogP contribution in [0.4, 0.5) is 0 Å². The van der Waals surface area contributed by atoms with Crippen LogP contribution in [0.5, 0.6) is 0 Å². The number of rotatable bonds is 7. The van der Waals surface area contributed by atoms with Crippen LogP contribution in [0.3, 0.4) is 0 Å². The van der Waals surface area contributed by atoms with Crippen LogP contribution in [0.15, 0.2) is 0 Å². The summed E-state index contributed by atoms with van der Waals surface area (Å²) in [4.78, 5) is 0. The first-order valence-electron chi connectivity index (χ1n) is 9.31. The summed E-state index contributed by atoms with van der Waals surface area (Å²) in [6.45, 7) is 3.60. The predicted molar refractivity (Wildman–Crippen MR) is 80.6 cm³/mol. The first-order valence-corrected chi connectivity index (χ1v) is 9.31. The van der Waals surface area contributed by atoms with Gasteiger partial charge in [-0.05, 0) is 62.2 Å². The summed E-state index contributed by atoms with van der Waals surface area (Å²) in [5, 5.41) is 0. The van der Waals surface area contributed by atoms with Gasteiger partial charge in [0.1, 0.15) is 6.10 Å². The first-order chi connectivity index (χ1) is 10.8. The van der Waals surface area contributed by atoms with E-state index >= 15 is 0 Å². The Bertz CT molecular complexity index is 386. The lowest BCUT2D eigenvalue weighted by atomic mass is 9.83. The maximum atomic E-state index is 6.14. The Morgan fingerprint density at radius 1 is 0.727 bits per heavy atom. The van der Waals surface area contributed by atoms with Crippen LogP contribution in [0, 0.1) is 23.7 Å². The van der Waals surface area contributed by atoms with Gasteiger partial charge in [-0.3, -0.25) is 0 Å². The summed E-state index contributed by atoms with van der Waals surface area (Å²) < 4.78 is 22.8. The smallest absolute Gasteiger partial charge is 0.104 e. The second kappa shape index (κ2) is 5.73. The third-order valence-corrected chi connectivity index (χ3v) is 6.68. The van der Waals surface area contributed by atoms with Crippen LogP contribution in [-0.4, -0.2) is 50.8 Å². The summed E-state index contributed by atoms with van der Waals surface area (Å²) in [6, 6.07) is 0. The molecule has 5 rings (SSSR count). The van der Waals surface area contributed by atoms with Crippen molar-refractivity contribution in [3.05, 3.63) is 0 Å². The minimum absolute atomic E-state index is 0.410. The summed E-state index contributed by atoms with van der Waals surface area (Å²) in [6.07, 6.45) is 9.67. The zero-order chi connectivity index (χ0) is 14.5. The molecule has 124 valence electrons. The average molecular weight is 308 g/mol. The fraction of sp³-hybridized carbons (Fsp3) is 1.00. The monoisotopic (exact) mass is 308 g/mol. The van der Waals surface area contributed by atoms with E-state index in [0.717, 1.165) is 56.5 Å². The molecule has 2 bridgehead atoms. The molecule has 4 nitrogen and oxygen atoms in total. The van der Waals surface area contributed by atoms with Crippen molar-refractivity contribution in [3.63, 3.8) is 0 Å². The van der Waals surface area contributed by atoms with Gasteiger partial charge >= 0.3 is 0 Å². The summed E-state index contributed by atoms with van der Waals surface area (Å²) in [5.74, 6) is 3.62. The number of ether oxygens (including phenoxy) is 4. The molecule has 0 amide bonds. The van der Waals surface area contributed by atoms with Gasteiger partial charge in [0.05, 0.1) is 38.1 Å². The van der Waals surface area contributed by atoms with Gasteiger partial charge in [-0.1, -0.05) is 0 Å². The largest absolute Gasteiger partial charge is 0.378 e. The molecule has 0 radical (unpaired) electrons. The van der Waals surface area contributed by atoms with E-state index in [4.69, 9.17) is 18.9 Å². The lowest BCUT2D eigenvalue weighted by Gasteiger charge is -2.30. The third-order valence-electron chi connectivity index (χ3n) is 6.68. The Labute approximate surface area is 132 Å². The van der Waals surface area contributed by atoms with Crippen molar-refractivity contribution in [3.8, 4) is 0 Å². The zero-order valence-electron chi connectivity index (χ0n) is 13.3. The SMILES string of the molecule is C(CC1CO1)OC1CC2C3CC(OCC4CO4)CC(C3)C2C1. The van der Waals surface area contributed by atoms with Gasteiger partial charge in [0.25, 0.3) is 0 Å². The van der Waals surface area contributed by atoms with Gasteiger partial charge < -0.3 is 18.9 Å². The highest BCUT2D eigenvalue weighted by Gasteiger charge is 2.52. The molecule has 4 heteroatoms. The van der Waals surface area contributed by atoms with Crippen molar-refractivity contribution >= 4 is 0 Å². The molecule has 3 saturated carbocycles. The van der Waals surface area contributed by atoms with Gasteiger partial charge in [-0.2, -0.15) is 0 Å². The maximum Gasteiger partial charge on any atom is 0.104 e. The van der Waals surface area contributed by atoms with Gasteiger partial charge in [0.2, 0.25) is 0 Å². The highest BCUT2D eigenvalue weighted by atomic mass is 16.6. The summed E-state index contributed by atoms with van der Waals surface area (Å²) in [5.41, 5.74) is 0. The number of fused-ring (bicyclic) bond motifs is 5. The minimum atomic E-state index is 0.410. The van der Waals surface area contributed by atoms with Gasteiger partial charge in [-0.25, -0.2) is 0 Å². The molecular weight excluding hydrogens is 280 g/mol. The van der Waals surface area contributed by atoms with Crippen molar-refractivity contribution in [2.45, 2.75) is 62.9 Å². The molecule has 0 aromatic rings. The highest BCUT2D eigenvalue weighted by molar-refractivity contribution is 5.02. The van der Waals surface area contributed by atoms with Gasteiger partial charge in [0, 0.05) is 6.61 Å². The lowest BCUT2D eigenvalue weighted by Crippen LogP contribution is -2.27. The number of hydrogen-bond acceptors (Lipinski definition) is 4. The molecule has 6 unspecified atom stereocenters. The second-order valence-corrected chi connectivity index (χ2v) is 8.17. The van der Waals surface area contributed by atoms with Crippen molar-refractivity contribution < 1.29 is 18.9 Å². The van der Waals surface area contributed by atoms with E-state index in [1.807, 2.05) is 0 Å². The number of hydrogen-bond donors (Lipinski definition) is 0. The molecule has 22 heavy (non-hydrogen) atoms. The van der Waals surface area contributed by atoms with Crippen LogP contribution in [-0.2, 0) is 18.9 Å². The molecule has 2 aliphatic heterocycles. The van der Waals surface area contributed by atoms with Crippen molar-refractivity contribution in [1.29, 1.82) is 0 Å². The molecule has 5 aliphatic rings. The van der Waals surface area contributed by atoms with E-state index < -0.39 is 0 Å². The standard InChI is InChI=1S/C18H28O4/c1(13-8-20-13)2-19-15-6-17-11-3-12(18(17)7-15)5-14(4-11)21-9-16-10-22-16/h11-18H,1-10H2. The van der Waals surface area contributed by atoms with Crippen LogP contribution >= 0.6 is 0 Å². The molecule has 0 aromatic heterocycles. The predicted octanol–water partition coefficient (Wildman–Crippen LogP) is 2.40. The van der Waals surface area contributed by atoms with E-state index in [9.17, 15) is 0 Å². The Morgan fingerprint density at radius 3 is 2.00 bits per heavy atom. The van der Waals surface area contributed by atoms with Crippen LogP contribution < -0.4 is 0 Å². The lowest BCUT2D eigenvalue weighted by molar-refractivity contribution is -0.00911. The molecule has 2 saturated heterocycles. The molecule has 0 N–H and O–H groups in total.